The first-order chi connectivity index (χ1) is 7.63. The maximum atomic E-state index is 13.1. The molecule has 3 N–H and O–H groups in total. The largest absolute Gasteiger partial charge is 0.396 e. The van der Waals surface area contributed by atoms with Crippen molar-refractivity contribution in [1.29, 1.82) is 0 Å². The average Bonchev–Trinajstić information content (AvgIpc) is 2.24. The maximum Gasteiger partial charge on any atom is 0.224 e. The molecule has 1 aromatic rings. The van der Waals surface area contributed by atoms with Crippen LogP contribution in [0, 0.1) is 5.82 Å². The molecule has 0 aliphatic rings. The Labute approximate surface area is 94.8 Å². The number of halogens is 1. The van der Waals surface area contributed by atoms with Gasteiger partial charge in [0.25, 0.3) is 0 Å². The first-order valence-electron chi connectivity index (χ1n) is 5.48. The lowest BCUT2D eigenvalue weighted by Crippen LogP contribution is -2.11. The third-order valence-electron chi connectivity index (χ3n) is 2.29. The van der Waals surface area contributed by atoms with E-state index in [1.54, 1.807) is 6.07 Å². The predicted molar refractivity (Wildman–Crippen MR) is 63.6 cm³/mol. The number of nitrogen functional groups attached to an aromatic ring is 1. The van der Waals surface area contributed by atoms with Crippen molar-refractivity contribution in [1.82, 2.24) is 0 Å². The molecule has 0 spiro atoms. The predicted octanol–water partition coefficient (Wildman–Crippen LogP) is 2.93. The van der Waals surface area contributed by atoms with Gasteiger partial charge in [-0.05, 0) is 24.6 Å². The Bertz CT molecular complexity index is 366. The van der Waals surface area contributed by atoms with Crippen LogP contribution in [0.15, 0.2) is 18.2 Å². The second-order valence-corrected chi connectivity index (χ2v) is 3.74. The van der Waals surface area contributed by atoms with E-state index in [0.717, 1.165) is 19.3 Å². The van der Waals surface area contributed by atoms with Crippen molar-refractivity contribution < 1.29 is 9.18 Å². The monoisotopic (exact) mass is 224 g/mol. The van der Waals surface area contributed by atoms with Crippen LogP contribution >= 0.6 is 0 Å². The third-order valence-corrected chi connectivity index (χ3v) is 2.29. The molecule has 0 radical (unpaired) electrons. The summed E-state index contributed by atoms with van der Waals surface area (Å²) in [6.45, 7) is 2.08. The third kappa shape index (κ3) is 3.88. The lowest BCUT2D eigenvalue weighted by Gasteiger charge is -2.05. The number of benzene rings is 1. The second-order valence-electron chi connectivity index (χ2n) is 3.74. The molecule has 16 heavy (non-hydrogen) atoms. The highest BCUT2D eigenvalue weighted by Crippen LogP contribution is 2.16. The van der Waals surface area contributed by atoms with Gasteiger partial charge in [-0.15, -0.1) is 0 Å². The van der Waals surface area contributed by atoms with Crippen LogP contribution in [0.5, 0.6) is 0 Å². The molecule has 0 heterocycles. The molecule has 0 aliphatic heterocycles. The van der Waals surface area contributed by atoms with Crippen molar-refractivity contribution in [3.63, 3.8) is 0 Å². The molecule has 3 nitrogen and oxygen atoms in total. The number of carbonyl (C=O) groups is 1. The van der Waals surface area contributed by atoms with E-state index in [0.29, 0.717) is 12.1 Å². The smallest absolute Gasteiger partial charge is 0.224 e. The summed E-state index contributed by atoms with van der Waals surface area (Å²) in [5.41, 5.74) is 5.87. The molecule has 1 aromatic carbocycles. The van der Waals surface area contributed by atoms with Crippen molar-refractivity contribution in [2.45, 2.75) is 32.6 Å². The van der Waals surface area contributed by atoms with E-state index in [2.05, 4.69) is 12.2 Å². The number of rotatable bonds is 5. The molecule has 0 fully saturated rings. The van der Waals surface area contributed by atoms with Crippen LogP contribution in [0.25, 0.3) is 0 Å². The number of unbranched alkanes of at least 4 members (excludes halogenated alkanes) is 2. The second kappa shape index (κ2) is 6.10. The van der Waals surface area contributed by atoms with Gasteiger partial charge in [-0.25, -0.2) is 4.39 Å². The van der Waals surface area contributed by atoms with Crippen LogP contribution in [0.3, 0.4) is 0 Å². The van der Waals surface area contributed by atoms with E-state index < -0.39 is 5.82 Å². The van der Waals surface area contributed by atoms with Crippen LogP contribution < -0.4 is 11.1 Å². The summed E-state index contributed by atoms with van der Waals surface area (Å²) < 4.78 is 13.1. The van der Waals surface area contributed by atoms with Gasteiger partial charge in [-0.2, -0.15) is 0 Å². The summed E-state index contributed by atoms with van der Waals surface area (Å²) in [5, 5.41) is 2.63. The van der Waals surface area contributed by atoms with E-state index in [-0.39, 0.29) is 11.6 Å². The fourth-order valence-electron chi connectivity index (χ4n) is 1.36. The zero-order chi connectivity index (χ0) is 12.0. The lowest BCUT2D eigenvalue weighted by molar-refractivity contribution is -0.116. The lowest BCUT2D eigenvalue weighted by atomic mass is 10.2. The van der Waals surface area contributed by atoms with Crippen molar-refractivity contribution >= 4 is 17.3 Å². The highest BCUT2D eigenvalue weighted by molar-refractivity contribution is 5.90. The minimum atomic E-state index is -0.508. The summed E-state index contributed by atoms with van der Waals surface area (Å²) >= 11 is 0. The number of nitrogens with one attached hydrogen (secondary N) is 1. The molecule has 4 heteroatoms. The molecule has 0 saturated heterocycles. The van der Waals surface area contributed by atoms with Gasteiger partial charge >= 0.3 is 0 Å². The minimum absolute atomic E-state index is 0.0855. The first kappa shape index (κ1) is 12.5. The number of hydrogen-bond donors (Lipinski definition) is 2. The summed E-state index contributed by atoms with van der Waals surface area (Å²) in [7, 11) is 0. The molecule has 88 valence electrons. The van der Waals surface area contributed by atoms with Crippen LogP contribution in [-0.4, -0.2) is 5.91 Å². The molecule has 0 saturated carbocycles. The van der Waals surface area contributed by atoms with E-state index in [9.17, 15) is 9.18 Å². The van der Waals surface area contributed by atoms with Gasteiger partial charge in [-0.3, -0.25) is 4.79 Å². The molecule has 1 rings (SSSR count). The topological polar surface area (TPSA) is 55.1 Å². The molecule has 0 atom stereocenters. The molecular weight excluding hydrogens is 207 g/mol. The van der Waals surface area contributed by atoms with Gasteiger partial charge in [0, 0.05) is 12.1 Å². The van der Waals surface area contributed by atoms with Gasteiger partial charge < -0.3 is 11.1 Å². The summed E-state index contributed by atoms with van der Waals surface area (Å²) in [6.07, 6.45) is 3.44. The molecule has 1 amide bonds. The zero-order valence-corrected chi connectivity index (χ0v) is 9.42. The first-order valence-corrected chi connectivity index (χ1v) is 5.48. The number of anilines is 2. The van der Waals surface area contributed by atoms with E-state index in [1.165, 1.54) is 12.1 Å². The Hall–Kier alpha value is -1.58. The quantitative estimate of drug-likeness (QED) is 0.596. The molecule has 0 bridgehead atoms. The fourth-order valence-corrected chi connectivity index (χ4v) is 1.36. The molecule has 0 aliphatic carbocycles. The van der Waals surface area contributed by atoms with Gasteiger partial charge in [0.05, 0.1) is 5.69 Å². The molecular formula is C12H17FN2O. The van der Waals surface area contributed by atoms with Gasteiger partial charge in [0.2, 0.25) is 5.91 Å². The fraction of sp³-hybridized carbons (Fsp3) is 0.417. The summed E-state index contributed by atoms with van der Waals surface area (Å²) in [5.74, 6) is -0.594. The van der Waals surface area contributed by atoms with Crippen molar-refractivity contribution in [2.24, 2.45) is 0 Å². The van der Waals surface area contributed by atoms with E-state index >= 15 is 0 Å². The maximum absolute atomic E-state index is 13.1. The zero-order valence-electron chi connectivity index (χ0n) is 9.42. The van der Waals surface area contributed by atoms with Crippen LogP contribution in [0.4, 0.5) is 15.8 Å². The summed E-state index contributed by atoms with van der Waals surface area (Å²) in [4.78, 5) is 11.4. The van der Waals surface area contributed by atoms with E-state index in [4.69, 9.17) is 5.73 Å². The Morgan fingerprint density at radius 3 is 2.81 bits per heavy atom. The van der Waals surface area contributed by atoms with Gasteiger partial charge in [-0.1, -0.05) is 19.8 Å². The number of carbonyl (C=O) groups excluding carboxylic acids is 1. The number of nitrogens with two attached hydrogens (primary N) is 1. The highest BCUT2D eigenvalue weighted by atomic mass is 19.1. The van der Waals surface area contributed by atoms with Crippen LogP contribution in [-0.2, 0) is 4.79 Å². The SMILES string of the molecule is CCCCCC(=O)Nc1ccc(N)c(F)c1. The van der Waals surface area contributed by atoms with Crippen molar-refractivity contribution in [2.75, 3.05) is 11.1 Å². The Morgan fingerprint density at radius 1 is 1.44 bits per heavy atom. The van der Waals surface area contributed by atoms with Crippen LogP contribution in [0.2, 0.25) is 0 Å². The summed E-state index contributed by atoms with van der Waals surface area (Å²) in [6, 6.07) is 4.26. The molecule has 0 unspecified atom stereocenters. The van der Waals surface area contributed by atoms with Gasteiger partial charge in [0.15, 0.2) is 0 Å². The average molecular weight is 224 g/mol. The minimum Gasteiger partial charge on any atom is -0.396 e. The Morgan fingerprint density at radius 2 is 2.19 bits per heavy atom. The van der Waals surface area contributed by atoms with Crippen molar-refractivity contribution in [3.05, 3.63) is 24.0 Å². The Kier molecular flexibility index (Phi) is 4.76. The van der Waals surface area contributed by atoms with E-state index in [1.807, 2.05) is 0 Å². The number of hydrogen-bond acceptors (Lipinski definition) is 2. The van der Waals surface area contributed by atoms with Gasteiger partial charge in [0.1, 0.15) is 5.82 Å². The highest BCUT2D eigenvalue weighted by Gasteiger charge is 2.04. The van der Waals surface area contributed by atoms with Crippen LogP contribution in [0.1, 0.15) is 32.6 Å². The number of amides is 1. The normalized spacial score (nSPS) is 10.1. The molecule has 0 aromatic heterocycles. The Balaban J connectivity index is 2.46. The standard InChI is InChI=1S/C12H17FN2O/c1-2-3-4-5-12(16)15-9-6-7-11(14)10(13)8-9/h6-8H,2-5,14H2,1H3,(H,15,16). The van der Waals surface area contributed by atoms with Crippen molar-refractivity contribution in [3.8, 4) is 0 Å².